The number of ketones is 2. The standard InChI is InChI=1S/C9H20O.2C9H16O/c2*1-7(2)5-6-8(3)9(4)10;1-4-9(10)7-5-6-8(2)3/h7-10H,5-6H2,1-4H3;6-7H,5H2,1-4H3;5,7-8H,4,6H2,1-3H3/b;8-6+;7-5+. The number of rotatable bonds is 11. The van der Waals surface area contributed by atoms with Crippen LogP contribution >= 0.6 is 0 Å². The lowest BCUT2D eigenvalue weighted by Gasteiger charge is -2.15. The van der Waals surface area contributed by atoms with Crippen LogP contribution in [0.15, 0.2) is 23.8 Å². The molecule has 0 amide bonds. The SMILES string of the molecule is CC(=O)/C(C)=C/CC(C)C.CC(C)CCC(C)C(C)O.CCC(=O)/C=C/CC(C)C. The molecule has 2 unspecified atom stereocenters. The molecule has 0 aromatic heterocycles. The van der Waals surface area contributed by atoms with Crippen molar-refractivity contribution in [3.63, 3.8) is 0 Å². The summed E-state index contributed by atoms with van der Waals surface area (Å²) in [4.78, 5) is 21.4. The summed E-state index contributed by atoms with van der Waals surface area (Å²) < 4.78 is 0. The van der Waals surface area contributed by atoms with Crippen molar-refractivity contribution in [2.45, 2.75) is 114 Å². The van der Waals surface area contributed by atoms with Crippen LogP contribution < -0.4 is 0 Å². The summed E-state index contributed by atoms with van der Waals surface area (Å²) in [5, 5.41) is 9.13. The molecule has 178 valence electrons. The first-order chi connectivity index (χ1) is 13.7. The molecule has 0 aliphatic carbocycles. The van der Waals surface area contributed by atoms with Crippen molar-refractivity contribution in [1.29, 1.82) is 0 Å². The number of allylic oxidation sites excluding steroid dienone is 4. The average Bonchev–Trinajstić information content (AvgIpc) is 2.64. The molecule has 0 rings (SSSR count). The maximum absolute atomic E-state index is 10.7. The van der Waals surface area contributed by atoms with Gasteiger partial charge in [-0.1, -0.05) is 74.0 Å². The first-order valence-corrected chi connectivity index (χ1v) is 11.8. The molecule has 2 atom stereocenters. The molecule has 0 heterocycles. The minimum absolute atomic E-state index is 0.140. The second-order valence-electron chi connectivity index (χ2n) is 9.61. The quantitative estimate of drug-likeness (QED) is 0.348. The van der Waals surface area contributed by atoms with E-state index >= 15 is 0 Å². The zero-order valence-corrected chi connectivity index (χ0v) is 21.9. The number of hydrogen-bond acceptors (Lipinski definition) is 3. The lowest BCUT2D eigenvalue weighted by atomic mass is 9.96. The van der Waals surface area contributed by atoms with Gasteiger partial charge in [-0.05, 0) is 75.4 Å². The number of hydrogen-bond donors (Lipinski definition) is 1. The molecule has 3 nitrogen and oxygen atoms in total. The van der Waals surface area contributed by atoms with Crippen molar-refractivity contribution in [3.05, 3.63) is 23.8 Å². The largest absolute Gasteiger partial charge is 0.393 e. The molecule has 0 aromatic carbocycles. The Labute approximate surface area is 188 Å². The van der Waals surface area contributed by atoms with E-state index in [0.717, 1.165) is 30.8 Å². The Hall–Kier alpha value is -1.22. The molecule has 0 spiro atoms. The Balaban J connectivity index is -0.000000364. The zero-order chi connectivity index (χ0) is 24.3. The predicted molar refractivity (Wildman–Crippen MR) is 133 cm³/mol. The summed E-state index contributed by atoms with van der Waals surface area (Å²) in [5.74, 6) is 2.93. The Morgan fingerprint density at radius 1 is 0.800 bits per heavy atom. The van der Waals surface area contributed by atoms with Crippen LogP contribution in [0.1, 0.15) is 108 Å². The van der Waals surface area contributed by atoms with Crippen LogP contribution in [-0.2, 0) is 9.59 Å². The lowest BCUT2D eigenvalue weighted by Crippen LogP contribution is -2.13. The van der Waals surface area contributed by atoms with Crippen LogP contribution in [0.25, 0.3) is 0 Å². The molecule has 0 aliphatic heterocycles. The monoisotopic (exact) mass is 424 g/mol. The summed E-state index contributed by atoms with van der Waals surface area (Å²) in [7, 11) is 0. The van der Waals surface area contributed by atoms with E-state index in [1.54, 1.807) is 13.0 Å². The van der Waals surface area contributed by atoms with Crippen LogP contribution in [-0.4, -0.2) is 22.8 Å². The highest BCUT2D eigenvalue weighted by Gasteiger charge is 2.08. The Morgan fingerprint density at radius 3 is 1.63 bits per heavy atom. The maximum Gasteiger partial charge on any atom is 0.155 e. The molecule has 0 fully saturated rings. The van der Waals surface area contributed by atoms with Crippen LogP contribution in [0.5, 0.6) is 0 Å². The third-order valence-electron chi connectivity index (χ3n) is 4.73. The van der Waals surface area contributed by atoms with E-state index in [0.29, 0.717) is 24.2 Å². The zero-order valence-electron chi connectivity index (χ0n) is 21.9. The van der Waals surface area contributed by atoms with E-state index in [1.807, 2.05) is 32.9 Å². The molecule has 0 aromatic rings. The fraction of sp³-hybridized carbons (Fsp3) is 0.778. The number of carbonyl (C=O) groups excluding carboxylic acids is 2. The van der Waals surface area contributed by atoms with E-state index in [4.69, 9.17) is 5.11 Å². The minimum Gasteiger partial charge on any atom is -0.393 e. The molecule has 0 saturated carbocycles. The Bertz CT molecular complexity index is 480. The van der Waals surface area contributed by atoms with Gasteiger partial charge in [0, 0.05) is 6.42 Å². The molecule has 0 aliphatic rings. The van der Waals surface area contributed by atoms with Gasteiger partial charge >= 0.3 is 0 Å². The molecular weight excluding hydrogens is 372 g/mol. The molecule has 0 bridgehead atoms. The van der Waals surface area contributed by atoms with Crippen molar-refractivity contribution in [2.24, 2.45) is 23.7 Å². The lowest BCUT2D eigenvalue weighted by molar-refractivity contribution is -0.114. The van der Waals surface area contributed by atoms with Crippen molar-refractivity contribution in [2.75, 3.05) is 0 Å². The van der Waals surface area contributed by atoms with E-state index in [2.05, 4.69) is 48.5 Å². The first-order valence-electron chi connectivity index (χ1n) is 11.8. The van der Waals surface area contributed by atoms with E-state index in [-0.39, 0.29) is 17.7 Å². The third kappa shape index (κ3) is 29.0. The van der Waals surface area contributed by atoms with Crippen LogP contribution in [0, 0.1) is 23.7 Å². The van der Waals surface area contributed by atoms with Gasteiger partial charge < -0.3 is 5.11 Å². The van der Waals surface area contributed by atoms with Gasteiger partial charge in [-0.25, -0.2) is 0 Å². The van der Waals surface area contributed by atoms with Crippen LogP contribution in [0.4, 0.5) is 0 Å². The number of aliphatic hydroxyl groups excluding tert-OH is 1. The van der Waals surface area contributed by atoms with Gasteiger partial charge in [-0.3, -0.25) is 9.59 Å². The average molecular weight is 425 g/mol. The van der Waals surface area contributed by atoms with Crippen LogP contribution in [0.3, 0.4) is 0 Å². The normalized spacial score (nSPS) is 13.6. The Kier molecular flexibility index (Phi) is 23.4. The Morgan fingerprint density at radius 2 is 1.30 bits per heavy atom. The van der Waals surface area contributed by atoms with Crippen LogP contribution in [0.2, 0.25) is 0 Å². The van der Waals surface area contributed by atoms with Crippen molar-refractivity contribution < 1.29 is 14.7 Å². The van der Waals surface area contributed by atoms with E-state index < -0.39 is 0 Å². The van der Waals surface area contributed by atoms with Gasteiger partial charge in [0.1, 0.15) is 0 Å². The summed E-state index contributed by atoms with van der Waals surface area (Å²) in [6.07, 6.45) is 10.5. The molecule has 1 N–H and O–H groups in total. The fourth-order valence-corrected chi connectivity index (χ4v) is 1.98. The van der Waals surface area contributed by atoms with Crippen molar-refractivity contribution >= 4 is 11.6 Å². The molecular formula is C27H52O3. The van der Waals surface area contributed by atoms with Gasteiger partial charge in [-0.2, -0.15) is 0 Å². The van der Waals surface area contributed by atoms with E-state index in [9.17, 15) is 9.59 Å². The number of Topliss-reactive ketones (excluding diaryl/α,β-unsaturated/α-hetero) is 1. The van der Waals surface area contributed by atoms with Crippen molar-refractivity contribution in [1.82, 2.24) is 0 Å². The highest BCUT2D eigenvalue weighted by molar-refractivity contribution is 5.92. The third-order valence-corrected chi connectivity index (χ3v) is 4.73. The molecule has 30 heavy (non-hydrogen) atoms. The summed E-state index contributed by atoms with van der Waals surface area (Å²) in [6, 6.07) is 0. The fourth-order valence-electron chi connectivity index (χ4n) is 1.98. The number of aliphatic hydroxyl groups is 1. The molecule has 0 saturated heterocycles. The summed E-state index contributed by atoms with van der Waals surface area (Å²) in [5.41, 5.74) is 0.883. The highest BCUT2D eigenvalue weighted by atomic mass is 16.3. The minimum atomic E-state index is -0.140. The van der Waals surface area contributed by atoms with Crippen molar-refractivity contribution in [3.8, 4) is 0 Å². The summed E-state index contributed by atoms with van der Waals surface area (Å²) >= 11 is 0. The molecule has 0 radical (unpaired) electrons. The smallest absolute Gasteiger partial charge is 0.155 e. The second-order valence-corrected chi connectivity index (χ2v) is 9.61. The van der Waals surface area contributed by atoms with Gasteiger partial charge in [0.25, 0.3) is 0 Å². The highest BCUT2D eigenvalue weighted by Crippen LogP contribution is 2.14. The first kappa shape index (κ1) is 33.4. The van der Waals surface area contributed by atoms with Gasteiger partial charge in [0.15, 0.2) is 11.6 Å². The van der Waals surface area contributed by atoms with Gasteiger partial charge in [0.2, 0.25) is 0 Å². The molecule has 3 heteroatoms. The topological polar surface area (TPSA) is 54.4 Å². The second kappa shape index (κ2) is 21.0. The van der Waals surface area contributed by atoms with E-state index in [1.165, 1.54) is 6.42 Å². The maximum atomic E-state index is 10.7. The van der Waals surface area contributed by atoms with Gasteiger partial charge in [0.05, 0.1) is 6.10 Å². The predicted octanol–water partition coefficient (Wildman–Crippen LogP) is 7.58. The van der Waals surface area contributed by atoms with Gasteiger partial charge in [-0.15, -0.1) is 0 Å². The number of carbonyl (C=O) groups is 2. The summed E-state index contributed by atoms with van der Waals surface area (Å²) in [6.45, 7) is 22.3.